The summed E-state index contributed by atoms with van der Waals surface area (Å²) in [4.78, 5) is 41.8. The number of carbonyl (C=O) groups is 2. The van der Waals surface area contributed by atoms with Gasteiger partial charge in [-0.3, -0.25) is 23.6 Å². The lowest BCUT2D eigenvalue weighted by atomic mass is 10.1. The molecule has 0 radical (unpaired) electrons. The van der Waals surface area contributed by atoms with E-state index in [9.17, 15) is 14.4 Å². The van der Waals surface area contributed by atoms with Gasteiger partial charge in [0.15, 0.2) is 0 Å². The van der Waals surface area contributed by atoms with Crippen molar-refractivity contribution < 1.29 is 14.3 Å². The summed E-state index contributed by atoms with van der Waals surface area (Å²) < 4.78 is 9.70. The molecule has 2 amide bonds. The zero-order valence-electron chi connectivity index (χ0n) is 23.3. The van der Waals surface area contributed by atoms with Crippen LogP contribution in [0.4, 0.5) is 0 Å². The van der Waals surface area contributed by atoms with Gasteiger partial charge in [0, 0.05) is 42.8 Å². The van der Waals surface area contributed by atoms with E-state index >= 15 is 0 Å². The number of hydrogen-bond donors (Lipinski definition) is 2. The van der Waals surface area contributed by atoms with Crippen LogP contribution in [-0.2, 0) is 26.2 Å². The molecule has 0 saturated carbocycles. The Kier molecular flexibility index (Phi) is 8.86. The van der Waals surface area contributed by atoms with E-state index in [1.165, 1.54) is 4.57 Å². The Labute approximate surface area is 257 Å². The Balaban J connectivity index is 1.51. The van der Waals surface area contributed by atoms with Crippen molar-refractivity contribution in [1.82, 2.24) is 19.4 Å². The van der Waals surface area contributed by atoms with Gasteiger partial charge in [-0.15, -0.1) is 0 Å². The average molecular weight is 653 g/mol. The molecule has 9 nitrogen and oxygen atoms in total. The smallest absolute Gasteiger partial charge is 0.333 e. The number of amides is 2. The van der Waals surface area contributed by atoms with Crippen molar-refractivity contribution in [3.05, 3.63) is 115 Å². The van der Waals surface area contributed by atoms with Gasteiger partial charge in [0.05, 0.1) is 22.5 Å². The van der Waals surface area contributed by atoms with E-state index in [2.05, 4.69) is 26.1 Å². The summed E-state index contributed by atoms with van der Waals surface area (Å²) in [7, 11) is 0. The molecule has 0 unspecified atom stereocenters. The third-order valence-electron chi connectivity index (χ3n) is 7.05. The number of fused-ring (bicyclic) bond motifs is 1. The van der Waals surface area contributed by atoms with Crippen LogP contribution in [0.3, 0.4) is 0 Å². The minimum Gasteiger partial charge on any atom is -0.491 e. The SMILES string of the molecule is CC(C)Oc1ccc(-n2c(C(=O)NCc3ccccc3C(N)=O)c3n(c2=O)CCN(Cc2ccc(Br)c(Cl)c2)C3)cc1. The number of rotatable bonds is 9. The van der Waals surface area contributed by atoms with E-state index in [0.717, 1.165) is 10.0 Å². The van der Waals surface area contributed by atoms with Crippen LogP contribution >= 0.6 is 27.5 Å². The molecule has 0 fully saturated rings. The van der Waals surface area contributed by atoms with E-state index in [1.807, 2.05) is 32.0 Å². The maximum Gasteiger partial charge on any atom is 0.333 e. The molecule has 4 aromatic rings. The average Bonchev–Trinajstić information content (AvgIpc) is 3.25. The van der Waals surface area contributed by atoms with Gasteiger partial charge in [-0.1, -0.05) is 35.9 Å². The molecule has 218 valence electrons. The zero-order chi connectivity index (χ0) is 30.0. The number of primary amides is 1. The zero-order valence-corrected chi connectivity index (χ0v) is 25.6. The molecule has 0 aliphatic carbocycles. The van der Waals surface area contributed by atoms with Crippen molar-refractivity contribution >= 4 is 39.3 Å². The summed E-state index contributed by atoms with van der Waals surface area (Å²) >= 11 is 9.75. The standard InChI is InChI=1S/C31H31BrClN5O4/c1-19(2)42-23-10-8-22(9-11-23)38-28(30(40)35-16-21-5-3-4-6-24(21)29(34)39)27-18-36(13-14-37(27)31(38)41)17-20-7-12-25(32)26(33)15-20/h3-12,15,19H,13-14,16-18H2,1-2H3,(H2,34,39)(H,35,40). The predicted molar refractivity (Wildman–Crippen MR) is 165 cm³/mol. The molecule has 0 bridgehead atoms. The summed E-state index contributed by atoms with van der Waals surface area (Å²) in [5.41, 5.74) is 8.58. The van der Waals surface area contributed by atoms with E-state index in [1.54, 1.807) is 53.1 Å². The van der Waals surface area contributed by atoms with Crippen molar-refractivity contribution in [2.24, 2.45) is 5.73 Å². The lowest BCUT2D eigenvalue weighted by Crippen LogP contribution is -2.37. The fourth-order valence-corrected chi connectivity index (χ4v) is 5.58. The second kappa shape index (κ2) is 12.6. The molecular weight excluding hydrogens is 622 g/mol. The van der Waals surface area contributed by atoms with Crippen LogP contribution in [0.25, 0.3) is 5.69 Å². The maximum atomic E-state index is 13.9. The van der Waals surface area contributed by atoms with Crippen LogP contribution in [0, 0.1) is 0 Å². The maximum absolute atomic E-state index is 13.9. The van der Waals surface area contributed by atoms with Gasteiger partial charge in [-0.25, -0.2) is 4.79 Å². The lowest BCUT2D eigenvalue weighted by molar-refractivity contribution is 0.0936. The molecule has 3 aromatic carbocycles. The molecule has 0 saturated heterocycles. The monoisotopic (exact) mass is 651 g/mol. The number of ether oxygens (including phenoxy) is 1. The number of imidazole rings is 1. The van der Waals surface area contributed by atoms with Crippen LogP contribution < -0.4 is 21.5 Å². The molecule has 42 heavy (non-hydrogen) atoms. The molecule has 0 spiro atoms. The number of aromatic nitrogens is 2. The largest absolute Gasteiger partial charge is 0.491 e. The number of nitrogens with one attached hydrogen (secondary N) is 1. The summed E-state index contributed by atoms with van der Waals surface area (Å²) in [5, 5.41) is 3.53. The quantitative estimate of drug-likeness (QED) is 0.268. The van der Waals surface area contributed by atoms with Gasteiger partial charge in [0.25, 0.3) is 5.91 Å². The molecule has 5 rings (SSSR count). The molecule has 1 aliphatic heterocycles. The molecule has 1 aliphatic rings. The van der Waals surface area contributed by atoms with E-state index in [4.69, 9.17) is 22.1 Å². The summed E-state index contributed by atoms with van der Waals surface area (Å²) in [6.07, 6.45) is -0.00317. The Morgan fingerprint density at radius 2 is 1.81 bits per heavy atom. The van der Waals surface area contributed by atoms with Gasteiger partial charge >= 0.3 is 5.69 Å². The van der Waals surface area contributed by atoms with E-state index in [-0.39, 0.29) is 24.0 Å². The molecule has 0 atom stereocenters. The minimum absolute atomic E-state index is 0.00317. The first kappa shape index (κ1) is 29.6. The predicted octanol–water partition coefficient (Wildman–Crippen LogP) is 4.89. The number of carbonyl (C=O) groups excluding carboxylic acids is 2. The van der Waals surface area contributed by atoms with E-state index in [0.29, 0.717) is 59.5 Å². The third-order valence-corrected chi connectivity index (χ3v) is 8.28. The first-order chi connectivity index (χ1) is 20.1. The third kappa shape index (κ3) is 6.30. The second-order valence-corrected chi connectivity index (χ2v) is 11.7. The first-order valence-electron chi connectivity index (χ1n) is 13.6. The molecular formula is C31H31BrClN5O4. The number of nitrogens with two attached hydrogens (primary N) is 1. The lowest BCUT2D eigenvalue weighted by Gasteiger charge is -2.28. The van der Waals surface area contributed by atoms with Gasteiger partial charge in [0.1, 0.15) is 11.4 Å². The Bertz CT molecular complexity index is 1700. The van der Waals surface area contributed by atoms with Crippen LogP contribution in [-0.4, -0.2) is 38.5 Å². The second-order valence-electron chi connectivity index (χ2n) is 10.4. The highest BCUT2D eigenvalue weighted by Gasteiger charge is 2.30. The molecule has 1 aromatic heterocycles. The number of halogens is 2. The Morgan fingerprint density at radius 1 is 1.07 bits per heavy atom. The van der Waals surface area contributed by atoms with Crippen molar-refractivity contribution in [3.8, 4) is 11.4 Å². The van der Waals surface area contributed by atoms with Gasteiger partial charge in [0.2, 0.25) is 5.91 Å². The fourth-order valence-electron chi connectivity index (χ4n) is 5.14. The molecule has 11 heteroatoms. The number of hydrogen-bond acceptors (Lipinski definition) is 5. The Hall–Kier alpha value is -3.86. The van der Waals surface area contributed by atoms with Gasteiger partial charge in [-0.05, 0) is 83.4 Å². The Morgan fingerprint density at radius 3 is 2.50 bits per heavy atom. The van der Waals surface area contributed by atoms with Crippen LogP contribution in [0.15, 0.2) is 76.0 Å². The fraction of sp³-hybridized carbons (Fsp3) is 0.258. The number of benzene rings is 3. The van der Waals surface area contributed by atoms with Crippen molar-refractivity contribution in [2.45, 2.75) is 46.1 Å². The van der Waals surface area contributed by atoms with Crippen LogP contribution in [0.1, 0.15) is 51.5 Å². The highest BCUT2D eigenvalue weighted by Crippen LogP contribution is 2.26. The van der Waals surface area contributed by atoms with Crippen molar-refractivity contribution in [2.75, 3.05) is 6.54 Å². The van der Waals surface area contributed by atoms with Crippen LogP contribution in [0.5, 0.6) is 5.75 Å². The van der Waals surface area contributed by atoms with Crippen molar-refractivity contribution in [3.63, 3.8) is 0 Å². The van der Waals surface area contributed by atoms with E-state index < -0.39 is 11.8 Å². The molecule has 3 N–H and O–H groups in total. The highest BCUT2D eigenvalue weighted by atomic mass is 79.9. The summed E-state index contributed by atoms with van der Waals surface area (Å²) in [5.74, 6) is -0.347. The van der Waals surface area contributed by atoms with Crippen LogP contribution in [0.2, 0.25) is 5.02 Å². The molecule has 2 heterocycles. The highest BCUT2D eigenvalue weighted by molar-refractivity contribution is 9.10. The minimum atomic E-state index is -0.578. The first-order valence-corrected chi connectivity index (χ1v) is 14.7. The topological polar surface area (TPSA) is 112 Å². The van der Waals surface area contributed by atoms with Crippen molar-refractivity contribution in [1.29, 1.82) is 0 Å². The summed E-state index contributed by atoms with van der Waals surface area (Å²) in [6.45, 7) is 5.97. The normalized spacial score (nSPS) is 13.2. The van der Waals surface area contributed by atoms with Gasteiger partial charge in [-0.2, -0.15) is 0 Å². The number of nitrogens with zero attached hydrogens (tertiary/aromatic N) is 3. The summed E-state index contributed by atoms with van der Waals surface area (Å²) in [6, 6.07) is 19.8. The van der Waals surface area contributed by atoms with Gasteiger partial charge < -0.3 is 15.8 Å².